The van der Waals surface area contributed by atoms with Crippen LogP contribution in [-0.2, 0) is 14.4 Å². The third-order valence-electron chi connectivity index (χ3n) is 3.83. The Hall–Kier alpha value is -1.79. The molecule has 142 valence electrons. The van der Waals surface area contributed by atoms with E-state index in [0.29, 0.717) is 28.1 Å². The van der Waals surface area contributed by atoms with Gasteiger partial charge in [-0.25, -0.2) is 4.79 Å². The molecule has 1 aliphatic heterocycles. The van der Waals surface area contributed by atoms with Gasteiger partial charge in [0.2, 0.25) is 6.10 Å². The second kappa shape index (κ2) is 9.24. The summed E-state index contributed by atoms with van der Waals surface area (Å²) in [7, 11) is 0. The van der Waals surface area contributed by atoms with Crippen LogP contribution in [0.5, 0.6) is 0 Å². The molecule has 1 aromatic carbocycles. The average molecular weight is 401 g/mol. The van der Waals surface area contributed by atoms with Gasteiger partial charge >= 0.3 is 5.97 Å². The van der Waals surface area contributed by atoms with Crippen molar-refractivity contribution in [3.63, 3.8) is 0 Å². The Morgan fingerprint density at radius 2 is 2.12 bits per heavy atom. The van der Waals surface area contributed by atoms with Crippen LogP contribution in [0.25, 0.3) is 0 Å². The third-order valence-corrected chi connectivity index (χ3v) is 4.39. The monoisotopic (exact) mass is 400 g/mol. The lowest BCUT2D eigenvalue weighted by atomic mass is 9.96. The SMILES string of the molecule is CCOC(=O)C1CC(C(CC(C)C)NC(=O)c2cc(Cl)ccc2Cl)=NO1. The van der Waals surface area contributed by atoms with Crippen LogP contribution in [0.1, 0.15) is 44.0 Å². The maximum absolute atomic E-state index is 12.6. The number of halogens is 2. The van der Waals surface area contributed by atoms with E-state index >= 15 is 0 Å². The fourth-order valence-corrected chi connectivity index (χ4v) is 3.00. The summed E-state index contributed by atoms with van der Waals surface area (Å²) in [6, 6.07) is 4.32. The molecule has 0 saturated carbocycles. The predicted octanol–water partition coefficient (Wildman–Crippen LogP) is 3.85. The predicted molar refractivity (Wildman–Crippen MR) is 101 cm³/mol. The molecule has 1 aromatic rings. The van der Waals surface area contributed by atoms with Crippen molar-refractivity contribution >= 4 is 40.8 Å². The van der Waals surface area contributed by atoms with Crippen LogP contribution in [0.15, 0.2) is 23.4 Å². The van der Waals surface area contributed by atoms with E-state index in [0.717, 1.165) is 0 Å². The van der Waals surface area contributed by atoms with E-state index in [9.17, 15) is 9.59 Å². The number of hydrogen-bond donors (Lipinski definition) is 1. The van der Waals surface area contributed by atoms with Crippen molar-refractivity contribution in [3.05, 3.63) is 33.8 Å². The highest BCUT2D eigenvalue weighted by Gasteiger charge is 2.34. The van der Waals surface area contributed by atoms with Crippen molar-refractivity contribution < 1.29 is 19.2 Å². The van der Waals surface area contributed by atoms with E-state index in [4.69, 9.17) is 32.8 Å². The minimum Gasteiger partial charge on any atom is -0.463 e. The van der Waals surface area contributed by atoms with Gasteiger partial charge in [0.1, 0.15) is 0 Å². The summed E-state index contributed by atoms with van der Waals surface area (Å²) in [5.41, 5.74) is 0.887. The minimum atomic E-state index is -0.772. The molecule has 0 bridgehead atoms. The second-order valence-electron chi connectivity index (χ2n) is 6.41. The summed E-state index contributed by atoms with van der Waals surface area (Å²) in [6.07, 6.45) is 0.146. The maximum atomic E-state index is 12.6. The van der Waals surface area contributed by atoms with E-state index in [2.05, 4.69) is 10.5 Å². The van der Waals surface area contributed by atoms with Crippen LogP contribution < -0.4 is 5.32 Å². The molecule has 0 aromatic heterocycles. The van der Waals surface area contributed by atoms with Gasteiger partial charge in [-0.1, -0.05) is 42.2 Å². The highest BCUT2D eigenvalue weighted by atomic mass is 35.5. The number of hydrogen-bond acceptors (Lipinski definition) is 5. The topological polar surface area (TPSA) is 77.0 Å². The zero-order valence-electron chi connectivity index (χ0n) is 14.9. The standard InChI is InChI=1S/C18H22Cl2N2O4/c1-4-25-18(24)16-9-15(22-26-16)14(7-10(2)3)21-17(23)12-8-11(19)5-6-13(12)20/h5-6,8,10,14,16H,4,7,9H2,1-3H3,(H,21,23). The summed E-state index contributed by atoms with van der Waals surface area (Å²) in [6.45, 7) is 6.06. The van der Waals surface area contributed by atoms with E-state index < -0.39 is 12.1 Å². The van der Waals surface area contributed by atoms with Crippen LogP contribution in [0.4, 0.5) is 0 Å². The molecule has 1 aliphatic rings. The third kappa shape index (κ3) is 5.35. The van der Waals surface area contributed by atoms with Crippen molar-refractivity contribution in [2.45, 2.75) is 45.8 Å². The van der Waals surface area contributed by atoms with Crippen molar-refractivity contribution in [3.8, 4) is 0 Å². The normalized spacial score (nSPS) is 17.5. The van der Waals surface area contributed by atoms with E-state index in [1.807, 2.05) is 13.8 Å². The summed E-state index contributed by atoms with van der Waals surface area (Å²) >= 11 is 12.1. The van der Waals surface area contributed by atoms with Crippen molar-refractivity contribution in [2.24, 2.45) is 11.1 Å². The number of carbonyl (C=O) groups is 2. The summed E-state index contributed by atoms with van der Waals surface area (Å²) in [5, 5.41) is 7.65. The first-order valence-electron chi connectivity index (χ1n) is 8.47. The van der Waals surface area contributed by atoms with E-state index in [1.165, 1.54) is 6.07 Å². The zero-order valence-corrected chi connectivity index (χ0v) is 16.4. The second-order valence-corrected chi connectivity index (χ2v) is 7.26. The number of oxime groups is 1. The van der Waals surface area contributed by atoms with Gasteiger partial charge in [-0.05, 0) is 37.5 Å². The first-order valence-corrected chi connectivity index (χ1v) is 9.22. The van der Waals surface area contributed by atoms with Gasteiger partial charge in [0.25, 0.3) is 5.91 Å². The van der Waals surface area contributed by atoms with Crippen LogP contribution >= 0.6 is 23.2 Å². The Bertz CT molecular complexity index is 706. The molecule has 0 aliphatic carbocycles. The van der Waals surface area contributed by atoms with Gasteiger partial charge in [0.05, 0.1) is 28.9 Å². The molecule has 0 radical (unpaired) electrons. The fraction of sp³-hybridized carbons (Fsp3) is 0.500. The highest BCUT2D eigenvalue weighted by Crippen LogP contribution is 2.22. The van der Waals surface area contributed by atoms with Crippen LogP contribution in [0, 0.1) is 5.92 Å². The molecule has 2 atom stereocenters. The lowest BCUT2D eigenvalue weighted by Crippen LogP contribution is -2.42. The lowest BCUT2D eigenvalue weighted by Gasteiger charge is -2.20. The van der Waals surface area contributed by atoms with Gasteiger partial charge in [0.15, 0.2) is 0 Å². The number of nitrogens with one attached hydrogen (secondary N) is 1. The fourth-order valence-electron chi connectivity index (χ4n) is 2.62. The molecule has 8 heteroatoms. The number of ether oxygens (including phenoxy) is 1. The van der Waals surface area contributed by atoms with E-state index in [-0.39, 0.29) is 30.5 Å². The molecule has 26 heavy (non-hydrogen) atoms. The first-order chi connectivity index (χ1) is 12.3. The van der Waals surface area contributed by atoms with Crippen molar-refractivity contribution in [2.75, 3.05) is 6.61 Å². The van der Waals surface area contributed by atoms with E-state index in [1.54, 1.807) is 19.1 Å². The quantitative estimate of drug-likeness (QED) is 0.705. The van der Waals surface area contributed by atoms with Crippen LogP contribution in [0.2, 0.25) is 10.0 Å². The van der Waals surface area contributed by atoms with Gasteiger partial charge in [-0.3, -0.25) is 4.79 Å². The number of benzene rings is 1. The minimum absolute atomic E-state index is 0.271. The molecular formula is C18H22Cl2N2O4. The largest absolute Gasteiger partial charge is 0.463 e. The molecule has 0 fully saturated rings. The molecular weight excluding hydrogens is 379 g/mol. The lowest BCUT2D eigenvalue weighted by molar-refractivity contribution is -0.154. The van der Waals surface area contributed by atoms with Gasteiger partial charge in [-0.15, -0.1) is 0 Å². The smallest absolute Gasteiger partial charge is 0.350 e. The maximum Gasteiger partial charge on any atom is 0.350 e. The number of nitrogens with zero attached hydrogens (tertiary/aromatic N) is 1. The Labute approximate surface area is 162 Å². The zero-order chi connectivity index (χ0) is 19.3. The average Bonchev–Trinajstić information content (AvgIpc) is 3.06. The van der Waals surface area contributed by atoms with Gasteiger partial charge < -0.3 is 14.9 Å². The summed E-state index contributed by atoms with van der Waals surface area (Å²) in [4.78, 5) is 29.7. The Morgan fingerprint density at radius 1 is 1.38 bits per heavy atom. The Morgan fingerprint density at radius 3 is 2.77 bits per heavy atom. The molecule has 0 spiro atoms. The molecule has 0 saturated heterocycles. The number of amides is 1. The number of esters is 1. The highest BCUT2D eigenvalue weighted by molar-refractivity contribution is 6.35. The summed E-state index contributed by atoms with van der Waals surface area (Å²) in [5.74, 6) is -0.524. The summed E-state index contributed by atoms with van der Waals surface area (Å²) < 4.78 is 4.96. The first kappa shape index (κ1) is 20.5. The molecule has 6 nitrogen and oxygen atoms in total. The van der Waals surface area contributed by atoms with Crippen LogP contribution in [0.3, 0.4) is 0 Å². The number of carbonyl (C=O) groups excluding carboxylic acids is 2. The van der Waals surface area contributed by atoms with Crippen molar-refractivity contribution in [1.82, 2.24) is 5.32 Å². The molecule has 1 amide bonds. The molecule has 1 heterocycles. The van der Waals surface area contributed by atoms with Gasteiger partial charge in [0, 0.05) is 11.4 Å². The number of rotatable bonds is 7. The van der Waals surface area contributed by atoms with Crippen LogP contribution in [-0.4, -0.2) is 36.3 Å². The Kier molecular flexibility index (Phi) is 7.29. The molecule has 1 N–H and O–H groups in total. The van der Waals surface area contributed by atoms with Gasteiger partial charge in [-0.2, -0.15) is 0 Å². The molecule has 2 rings (SSSR count). The molecule has 2 unspecified atom stereocenters. The van der Waals surface area contributed by atoms with Crippen molar-refractivity contribution in [1.29, 1.82) is 0 Å². The Balaban J connectivity index is 2.12.